The zero-order valence-corrected chi connectivity index (χ0v) is 12.1. The predicted octanol–water partition coefficient (Wildman–Crippen LogP) is 1.68. The van der Waals surface area contributed by atoms with Crippen LogP contribution in [-0.4, -0.2) is 41.2 Å². The third kappa shape index (κ3) is 2.22. The zero-order chi connectivity index (χ0) is 14.1. The van der Waals surface area contributed by atoms with Gasteiger partial charge in [-0.1, -0.05) is 13.0 Å². The van der Waals surface area contributed by atoms with Crippen molar-refractivity contribution in [1.82, 2.24) is 14.5 Å². The Kier molecular flexibility index (Phi) is 3.53. The minimum absolute atomic E-state index is 0.0422. The summed E-state index contributed by atoms with van der Waals surface area (Å²) in [5, 5.41) is 0. The number of benzene rings is 1. The van der Waals surface area contributed by atoms with Gasteiger partial charge in [0, 0.05) is 13.1 Å². The van der Waals surface area contributed by atoms with Crippen molar-refractivity contribution in [2.45, 2.75) is 19.9 Å². The van der Waals surface area contributed by atoms with Crippen LogP contribution in [0.1, 0.15) is 13.3 Å². The van der Waals surface area contributed by atoms with Crippen LogP contribution in [0.4, 0.5) is 0 Å². The minimum Gasteiger partial charge on any atom is -0.494 e. The maximum absolute atomic E-state index is 12.2. The van der Waals surface area contributed by atoms with E-state index < -0.39 is 0 Å². The molecule has 0 spiro atoms. The lowest BCUT2D eigenvalue weighted by atomic mass is 10.1. The molecule has 1 unspecified atom stereocenters. The third-order valence-electron chi connectivity index (χ3n) is 4.25. The van der Waals surface area contributed by atoms with E-state index in [1.54, 1.807) is 7.11 Å². The predicted molar refractivity (Wildman–Crippen MR) is 79.3 cm³/mol. The highest BCUT2D eigenvalue weighted by molar-refractivity contribution is 5.81. The second kappa shape index (κ2) is 5.32. The number of rotatable bonds is 4. The van der Waals surface area contributed by atoms with Crippen LogP contribution in [0.3, 0.4) is 0 Å². The highest BCUT2D eigenvalue weighted by Gasteiger charge is 2.23. The molecule has 0 bridgehead atoms. The fourth-order valence-corrected chi connectivity index (χ4v) is 3.11. The lowest BCUT2D eigenvalue weighted by Crippen LogP contribution is -2.24. The molecular formula is C15H21N3O2. The number of fused-ring (bicyclic) bond motifs is 1. The van der Waals surface area contributed by atoms with Gasteiger partial charge in [-0.05, 0) is 37.6 Å². The van der Waals surface area contributed by atoms with Crippen molar-refractivity contribution in [3.63, 3.8) is 0 Å². The highest BCUT2D eigenvalue weighted by atomic mass is 16.5. The molecule has 2 aromatic rings. The van der Waals surface area contributed by atoms with E-state index in [1.807, 2.05) is 22.8 Å². The molecule has 1 saturated heterocycles. The van der Waals surface area contributed by atoms with Gasteiger partial charge in [0.2, 0.25) is 0 Å². The van der Waals surface area contributed by atoms with Gasteiger partial charge in [0.25, 0.3) is 0 Å². The number of aromatic amines is 1. The molecule has 1 aliphatic rings. The van der Waals surface area contributed by atoms with Crippen LogP contribution in [0.15, 0.2) is 23.0 Å². The molecule has 5 nitrogen and oxygen atoms in total. The molecule has 0 aliphatic carbocycles. The number of methoxy groups -OCH3 is 1. The van der Waals surface area contributed by atoms with Crippen molar-refractivity contribution < 1.29 is 4.74 Å². The summed E-state index contributed by atoms with van der Waals surface area (Å²) in [5.74, 6) is 1.28. The first kappa shape index (κ1) is 13.2. The van der Waals surface area contributed by atoms with Crippen LogP contribution < -0.4 is 10.4 Å². The number of ether oxygens (including phenoxy) is 1. The molecule has 2 heterocycles. The van der Waals surface area contributed by atoms with Crippen molar-refractivity contribution in [2.75, 3.05) is 26.7 Å². The monoisotopic (exact) mass is 275 g/mol. The number of aromatic nitrogens is 2. The van der Waals surface area contributed by atoms with Crippen molar-refractivity contribution in [2.24, 2.45) is 5.92 Å². The topological polar surface area (TPSA) is 50.3 Å². The van der Waals surface area contributed by atoms with Crippen molar-refractivity contribution >= 4 is 11.0 Å². The lowest BCUT2D eigenvalue weighted by molar-refractivity contribution is 0.333. The number of hydrogen-bond acceptors (Lipinski definition) is 3. The largest absolute Gasteiger partial charge is 0.494 e. The molecule has 1 aromatic carbocycles. The first-order valence-electron chi connectivity index (χ1n) is 7.20. The first-order valence-corrected chi connectivity index (χ1v) is 7.20. The maximum atomic E-state index is 12.2. The fourth-order valence-electron chi connectivity index (χ4n) is 3.11. The Morgan fingerprint density at radius 1 is 1.45 bits per heavy atom. The highest BCUT2D eigenvalue weighted by Crippen LogP contribution is 2.24. The van der Waals surface area contributed by atoms with E-state index in [0.717, 1.165) is 49.4 Å². The molecule has 1 atom stereocenters. The Morgan fingerprint density at radius 2 is 2.30 bits per heavy atom. The minimum atomic E-state index is -0.0422. The van der Waals surface area contributed by atoms with Gasteiger partial charge >= 0.3 is 5.69 Å². The Balaban J connectivity index is 1.92. The van der Waals surface area contributed by atoms with E-state index in [1.165, 1.54) is 0 Å². The summed E-state index contributed by atoms with van der Waals surface area (Å²) in [4.78, 5) is 17.5. The van der Waals surface area contributed by atoms with Crippen LogP contribution in [0.2, 0.25) is 0 Å². The first-order chi connectivity index (χ1) is 9.72. The summed E-state index contributed by atoms with van der Waals surface area (Å²) < 4.78 is 7.16. The van der Waals surface area contributed by atoms with Gasteiger partial charge in [-0.25, -0.2) is 4.79 Å². The van der Waals surface area contributed by atoms with Gasteiger partial charge in [-0.15, -0.1) is 0 Å². The molecule has 0 radical (unpaired) electrons. The summed E-state index contributed by atoms with van der Waals surface area (Å²) in [6.45, 7) is 6.28. The molecule has 108 valence electrons. The van der Waals surface area contributed by atoms with E-state index in [2.05, 4.69) is 16.8 Å². The van der Waals surface area contributed by atoms with E-state index in [-0.39, 0.29) is 5.69 Å². The number of nitrogens with zero attached hydrogens (tertiary/aromatic N) is 2. The third-order valence-corrected chi connectivity index (χ3v) is 4.25. The molecule has 1 fully saturated rings. The molecule has 20 heavy (non-hydrogen) atoms. The number of hydrogen-bond donors (Lipinski definition) is 1. The Hall–Kier alpha value is -1.75. The molecule has 5 heteroatoms. The van der Waals surface area contributed by atoms with Crippen LogP contribution in [0.5, 0.6) is 5.75 Å². The van der Waals surface area contributed by atoms with Crippen LogP contribution >= 0.6 is 0 Å². The van der Waals surface area contributed by atoms with Crippen molar-refractivity contribution in [3.8, 4) is 5.75 Å². The number of nitrogens with one attached hydrogen (secondary N) is 1. The van der Waals surface area contributed by atoms with Gasteiger partial charge in [0.15, 0.2) is 0 Å². The summed E-state index contributed by atoms with van der Waals surface area (Å²) in [6.07, 6.45) is 1.16. The smallest absolute Gasteiger partial charge is 0.326 e. The summed E-state index contributed by atoms with van der Waals surface area (Å²) in [5.41, 5.74) is 1.69. The number of likely N-dealkylation sites (tertiary alicyclic amines) is 1. The molecular weight excluding hydrogens is 254 g/mol. The normalized spacial score (nSPS) is 19.8. The van der Waals surface area contributed by atoms with Crippen LogP contribution in [0.25, 0.3) is 11.0 Å². The summed E-state index contributed by atoms with van der Waals surface area (Å²) in [6, 6.07) is 5.78. The second-order valence-electron chi connectivity index (χ2n) is 5.44. The molecule has 1 N–H and O–H groups in total. The van der Waals surface area contributed by atoms with Crippen LogP contribution in [0, 0.1) is 5.92 Å². The van der Waals surface area contributed by atoms with Gasteiger partial charge in [-0.2, -0.15) is 0 Å². The van der Waals surface area contributed by atoms with Gasteiger partial charge in [0.1, 0.15) is 11.3 Å². The second-order valence-corrected chi connectivity index (χ2v) is 5.44. The van der Waals surface area contributed by atoms with Gasteiger partial charge in [0.05, 0.1) is 12.6 Å². The molecule has 1 aliphatic heterocycles. The standard InChI is InChI=1S/C15H21N3O2/c1-3-17-8-7-11(9-17)10-18-12-5-4-6-13(20-2)14(12)16-15(18)19/h4-6,11H,3,7-10H2,1-2H3,(H,16,19). The van der Waals surface area contributed by atoms with Crippen LogP contribution in [-0.2, 0) is 6.54 Å². The summed E-state index contributed by atoms with van der Waals surface area (Å²) in [7, 11) is 1.63. The van der Waals surface area contributed by atoms with Gasteiger partial charge in [-0.3, -0.25) is 4.57 Å². The van der Waals surface area contributed by atoms with E-state index in [4.69, 9.17) is 4.74 Å². The van der Waals surface area contributed by atoms with E-state index in [9.17, 15) is 4.79 Å². The maximum Gasteiger partial charge on any atom is 0.326 e. The average Bonchev–Trinajstić information content (AvgIpc) is 3.04. The Morgan fingerprint density at radius 3 is 3.00 bits per heavy atom. The van der Waals surface area contributed by atoms with Crippen molar-refractivity contribution in [1.29, 1.82) is 0 Å². The Labute approximate surface area is 118 Å². The molecule has 0 saturated carbocycles. The summed E-state index contributed by atoms with van der Waals surface area (Å²) >= 11 is 0. The van der Waals surface area contributed by atoms with Crippen molar-refractivity contribution in [3.05, 3.63) is 28.7 Å². The number of H-pyrrole nitrogens is 1. The molecule has 0 amide bonds. The fraction of sp³-hybridized carbons (Fsp3) is 0.533. The van der Waals surface area contributed by atoms with Gasteiger partial charge < -0.3 is 14.6 Å². The molecule has 3 rings (SSSR count). The Bertz CT molecular complexity index is 659. The molecule has 1 aromatic heterocycles. The number of para-hydroxylation sites is 1. The SMILES string of the molecule is CCN1CCC(Cn2c(=O)[nH]c3c(OC)cccc32)C1. The quantitative estimate of drug-likeness (QED) is 0.923. The number of imidazole rings is 1. The van der Waals surface area contributed by atoms with E-state index in [0.29, 0.717) is 5.92 Å². The van der Waals surface area contributed by atoms with E-state index >= 15 is 0 Å². The zero-order valence-electron chi connectivity index (χ0n) is 12.1. The average molecular weight is 275 g/mol. The lowest BCUT2D eigenvalue weighted by Gasteiger charge is -2.13.